The quantitative estimate of drug-likeness (QED) is 0.201. The van der Waals surface area contributed by atoms with Crippen LogP contribution in [0.1, 0.15) is 102 Å². The first-order valence-electron chi connectivity index (χ1n) is 13.6. The van der Waals surface area contributed by atoms with Crippen molar-refractivity contribution in [2.75, 3.05) is 19.8 Å². The van der Waals surface area contributed by atoms with Crippen molar-refractivity contribution in [3.05, 3.63) is 29.3 Å². The average molecular weight is 503 g/mol. The zero-order valence-corrected chi connectivity index (χ0v) is 21.3. The van der Waals surface area contributed by atoms with Gasteiger partial charge in [-0.3, -0.25) is 0 Å². The van der Waals surface area contributed by atoms with Crippen molar-refractivity contribution in [1.29, 1.82) is 0 Å². The van der Waals surface area contributed by atoms with Crippen LogP contribution < -0.4 is 4.74 Å². The van der Waals surface area contributed by atoms with Gasteiger partial charge in [0.25, 0.3) is 5.92 Å². The summed E-state index contributed by atoms with van der Waals surface area (Å²) in [5, 5.41) is 0. The van der Waals surface area contributed by atoms with Crippen molar-refractivity contribution in [2.24, 2.45) is 5.92 Å². The maximum atomic E-state index is 14.8. The van der Waals surface area contributed by atoms with E-state index in [1.807, 2.05) is 6.92 Å². The molecule has 0 bridgehead atoms. The van der Waals surface area contributed by atoms with E-state index < -0.39 is 29.9 Å². The molecule has 0 spiro atoms. The van der Waals surface area contributed by atoms with E-state index >= 15 is 0 Å². The molecule has 35 heavy (non-hydrogen) atoms. The Morgan fingerprint density at radius 2 is 1.69 bits per heavy atom. The highest BCUT2D eigenvalue weighted by Crippen LogP contribution is 2.39. The fourth-order valence-electron chi connectivity index (χ4n) is 5.31. The van der Waals surface area contributed by atoms with Crippen molar-refractivity contribution in [2.45, 2.75) is 115 Å². The van der Waals surface area contributed by atoms with Crippen LogP contribution in [0.3, 0.4) is 0 Å². The van der Waals surface area contributed by atoms with Gasteiger partial charge in [-0.2, -0.15) is 4.39 Å². The molecular weight excluding hydrogens is 460 g/mol. The molecule has 1 aliphatic carbocycles. The Balaban J connectivity index is 1.46. The fraction of sp³-hybridized carbons (Fsp3) is 0.786. The van der Waals surface area contributed by atoms with Crippen LogP contribution in [0.5, 0.6) is 5.75 Å². The van der Waals surface area contributed by atoms with Crippen LogP contribution in [0, 0.1) is 17.6 Å². The third-order valence-corrected chi connectivity index (χ3v) is 7.56. The second kappa shape index (κ2) is 13.8. The monoisotopic (exact) mass is 502 g/mol. The van der Waals surface area contributed by atoms with E-state index in [9.17, 15) is 17.6 Å². The Kier molecular flexibility index (Phi) is 11.2. The van der Waals surface area contributed by atoms with E-state index in [1.165, 1.54) is 6.07 Å². The predicted octanol–water partition coefficient (Wildman–Crippen LogP) is 8.20. The number of ether oxygens (including phenoxy) is 3. The number of unbranched alkanes of at least 4 members (excludes halogenated alkanes) is 2. The van der Waals surface area contributed by atoms with E-state index in [1.54, 1.807) is 6.07 Å². The molecule has 2 unspecified atom stereocenters. The van der Waals surface area contributed by atoms with Gasteiger partial charge in [0.05, 0.1) is 25.4 Å². The number of halogens is 4. The van der Waals surface area contributed by atoms with Crippen LogP contribution >= 0.6 is 0 Å². The Bertz CT molecular complexity index is 757. The first-order valence-corrected chi connectivity index (χ1v) is 13.6. The molecule has 3 nitrogen and oxygen atoms in total. The van der Waals surface area contributed by atoms with Crippen molar-refractivity contribution in [3.8, 4) is 5.75 Å². The molecule has 0 N–H and O–H groups in total. The molecule has 2 atom stereocenters. The van der Waals surface area contributed by atoms with E-state index in [4.69, 9.17) is 14.2 Å². The summed E-state index contributed by atoms with van der Waals surface area (Å²) in [6, 6.07) is 2.92. The Hall–Kier alpha value is -1.34. The van der Waals surface area contributed by atoms with Crippen molar-refractivity contribution >= 4 is 0 Å². The van der Waals surface area contributed by atoms with Gasteiger partial charge < -0.3 is 14.2 Å². The smallest absolute Gasteiger partial charge is 0.256 e. The lowest BCUT2D eigenvalue weighted by molar-refractivity contribution is -0.136. The zero-order valence-electron chi connectivity index (χ0n) is 21.3. The molecule has 1 aromatic carbocycles. The fourth-order valence-corrected chi connectivity index (χ4v) is 5.31. The molecule has 1 saturated carbocycles. The molecule has 2 aliphatic rings. The summed E-state index contributed by atoms with van der Waals surface area (Å²) in [7, 11) is 0. The van der Waals surface area contributed by atoms with Crippen LogP contribution in [0.4, 0.5) is 17.6 Å². The van der Waals surface area contributed by atoms with Crippen LogP contribution in [0.25, 0.3) is 0 Å². The molecule has 1 aliphatic heterocycles. The Morgan fingerprint density at radius 3 is 2.34 bits per heavy atom. The standard InChI is InChI=1S/C28H42F4O3/c1-3-5-6-17-33-23-11-8-20(9-12-23)24-14-15-25(27(30)26(24)29)34-18-16-28(31,32)21-10-13-22(7-4-2)35-19-21/h14-15,20-23H,3-13,16-19H2,1-2H3. The van der Waals surface area contributed by atoms with Gasteiger partial charge >= 0.3 is 0 Å². The molecule has 7 heteroatoms. The van der Waals surface area contributed by atoms with Gasteiger partial charge in [-0.15, -0.1) is 0 Å². The van der Waals surface area contributed by atoms with Gasteiger partial charge in [-0.05, 0) is 68.9 Å². The molecule has 1 aromatic rings. The van der Waals surface area contributed by atoms with Crippen LogP contribution in [-0.2, 0) is 9.47 Å². The Labute approximate surface area is 207 Å². The maximum absolute atomic E-state index is 14.8. The molecule has 0 amide bonds. The van der Waals surface area contributed by atoms with Gasteiger partial charge in [-0.25, -0.2) is 13.2 Å². The topological polar surface area (TPSA) is 27.7 Å². The minimum absolute atomic E-state index is 0.0291. The van der Waals surface area contributed by atoms with Gasteiger partial charge in [0.15, 0.2) is 11.6 Å². The highest BCUT2D eigenvalue weighted by atomic mass is 19.3. The van der Waals surface area contributed by atoms with E-state index in [-0.39, 0.29) is 37.1 Å². The van der Waals surface area contributed by atoms with Crippen LogP contribution in [-0.4, -0.2) is 38.0 Å². The largest absolute Gasteiger partial charge is 0.490 e. The zero-order chi connectivity index (χ0) is 25.3. The minimum Gasteiger partial charge on any atom is -0.490 e. The van der Waals surface area contributed by atoms with Crippen LogP contribution in [0.15, 0.2) is 12.1 Å². The molecule has 2 fully saturated rings. The highest BCUT2D eigenvalue weighted by molar-refractivity contribution is 5.33. The van der Waals surface area contributed by atoms with E-state index in [2.05, 4.69) is 6.92 Å². The summed E-state index contributed by atoms with van der Waals surface area (Å²) in [6.45, 7) is 4.61. The number of hydrogen-bond acceptors (Lipinski definition) is 3. The number of alkyl halides is 2. The molecular formula is C28H42F4O3. The third kappa shape index (κ3) is 8.08. The third-order valence-electron chi connectivity index (χ3n) is 7.56. The summed E-state index contributed by atoms with van der Waals surface area (Å²) < 4.78 is 75.5. The molecule has 1 saturated heterocycles. The normalized spacial score (nSPS) is 25.5. The molecule has 3 rings (SSSR count). The lowest BCUT2D eigenvalue weighted by atomic mass is 9.82. The summed E-state index contributed by atoms with van der Waals surface area (Å²) in [5.41, 5.74) is 0.339. The number of benzene rings is 1. The van der Waals surface area contributed by atoms with Crippen molar-refractivity contribution in [3.63, 3.8) is 0 Å². The van der Waals surface area contributed by atoms with Gasteiger partial charge in [0, 0.05) is 18.9 Å². The van der Waals surface area contributed by atoms with Crippen LogP contribution in [0.2, 0.25) is 0 Å². The lowest BCUT2D eigenvalue weighted by Gasteiger charge is -2.33. The lowest BCUT2D eigenvalue weighted by Crippen LogP contribution is -2.38. The number of hydrogen-bond donors (Lipinski definition) is 0. The second-order valence-corrected chi connectivity index (χ2v) is 10.2. The SMILES string of the molecule is CCCCCOC1CCC(c2ccc(OCCC(F)(F)C3CCC(CCC)OC3)c(F)c2F)CC1. The Morgan fingerprint density at radius 1 is 0.914 bits per heavy atom. The van der Waals surface area contributed by atoms with Gasteiger partial charge in [0.2, 0.25) is 5.82 Å². The van der Waals surface area contributed by atoms with E-state index in [0.29, 0.717) is 18.4 Å². The first kappa shape index (κ1) is 28.2. The van der Waals surface area contributed by atoms with Gasteiger partial charge in [-0.1, -0.05) is 39.2 Å². The molecule has 0 radical (unpaired) electrons. The summed E-state index contributed by atoms with van der Waals surface area (Å²) in [6.07, 6.45) is 9.08. The molecule has 200 valence electrons. The van der Waals surface area contributed by atoms with Gasteiger partial charge in [0.1, 0.15) is 0 Å². The van der Waals surface area contributed by atoms with E-state index in [0.717, 1.165) is 64.4 Å². The maximum Gasteiger partial charge on any atom is 0.256 e. The summed E-state index contributed by atoms with van der Waals surface area (Å²) in [5.74, 6) is -6.23. The molecule has 0 aromatic heterocycles. The molecule has 1 heterocycles. The minimum atomic E-state index is -2.97. The first-order chi connectivity index (χ1) is 16.9. The summed E-state index contributed by atoms with van der Waals surface area (Å²) in [4.78, 5) is 0. The van der Waals surface area contributed by atoms with Crippen molar-refractivity contribution < 1.29 is 31.8 Å². The number of rotatable bonds is 13. The summed E-state index contributed by atoms with van der Waals surface area (Å²) >= 11 is 0. The second-order valence-electron chi connectivity index (χ2n) is 10.2. The van der Waals surface area contributed by atoms with Crippen molar-refractivity contribution in [1.82, 2.24) is 0 Å². The average Bonchev–Trinajstić information content (AvgIpc) is 2.86. The predicted molar refractivity (Wildman–Crippen MR) is 129 cm³/mol. The highest BCUT2D eigenvalue weighted by Gasteiger charge is 2.41.